The summed E-state index contributed by atoms with van der Waals surface area (Å²) in [6, 6.07) is 0. The van der Waals surface area contributed by atoms with Gasteiger partial charge >= 0.3 is 0 Å². The van der Waals surface area contributed by atoms with Crippen molar-refractivity contribution in [2.75, 3.05) is 39.0 Å². The zero-order chi connectivity index (χ0) is 17.2. The predicted octanol–water partition coefficient (Wildman–Crippen LogP) is 0.754. The van der Waals surface area contributed by atoms with Crippen molar-refractivity contribution >= 4 is 34.2 Å². The summed E-state index contributed by atoms with van der Waals surface area (Å²) < 4.78 is 26.8. The molecular formula is C16H25ClN4O3S. The molecule has 1 fully saturated rings. The number of sulfonamides is 1. The van der Waals surface area contributed by atoms with E-state index >= 15 is 0 Å². The molecule has 0 radical (unpaired) electrons. The highest BCUT2D eigenvalue weighted by Gasteiger charge is 2.28. The average Bonchev–Trinajstić information content (AvgIpc) is 2.58. The van der Waals surface area contributed by atoms with E-state index in [2.05, 4.69) is 9.71 Å². The summed E-state index contributed by atoms with van der Waals surface area (Å²) in [5, 5.41) is 3.17. The Morgan fingerprint density at radius 2 is 2.00 bits per heavy atom. The van der Waals surface area contributed by atoms with Gasteiger partial charge in [0.1, 0.15) is 5.84 Å². The molecule has 0 aromatic rings. The Morgan fingerprint density at radius 1 is 1.28 bits per heavy atom. The minimum atomic E-state index is -3.36. The third-order valence-corrected chi connectivity index (χ3v) is 5.94. The maximum atomic E-state index is 12.7. The van der Waals surface area contributed by atoms with Crippen molar-refractivity contribution in [2.24, 2.45) is 10.3 Å². The maximum Gasteiger partial charge on any atom is 0.256 e. The second-order valence-electron chi connectivity index (χ2n) is 6.47. The largest absolute Gasteiger partial charge is 0.339 e. The molecule has 0 aromatic carbocycles. The maximum absolute atomic E-state index is 12.7. The number of halogens is 1. The van der Waals surface area contributed by atoms with Crippen LogP contribution in [0.4, 0.5) is 0 Å². The first kappa shape index (κ1) is 19.9. The second kappa shape index (κ2) is 8.33. The second-order valence-corrected chi connectivity index (χ2v) is 8.23. The number of nitrogens with one attached hydrogen (secondary N) is 1. The Labute approximate surface area is 155 Å². The number of hydrogen-bond donors (Lipinski definition) is 1. The molecule has 1 N–H and O–H groups in total. The summed E-state index contributed by atoms with van der Waals surface area (Å²) in [5.41, 5.74) is 0.599. The number of likely N-dealkylation sites (tertiary alicyclic amines) is 1. The molecule has 0 bridgehead atoms. The van der Waals surface area contributed by atoms with Crippen LogP contribution in [0, 0.1) is 5.92 Å². The molecule has 140 valence electrons. The van der Waals surface area contributed by atoms with Crippen LogP contribution in [0.15, 0.2) is 28.3 Å². The summed E-state index contributed by atoms with van der Waals surface area (Å²) in [6.45, 7) is 2.93. The highest BCUT2D eigenvalue weighted by Crippen LogP contribution is 2.23. The molecule has 7 nitrogen and oxygen atoms in total. The van der Waals surface area contributed by atoms with Gasteiger partial charge in [0.25, 0.3) is 15.9 Å². The van der Waals surface area contributed by atoms with Gasteiger partial charge < -0.3 is 15.1 Å². The van der Waals surface area contributed by atoms with Crippen molar-refractivity contribution in [3.05, 3.63) is 23.9 Å². The minimum absolute atomic E-state index is 0. The van der Waals surface area contributed by atoms with Gasteiger partial charge in [-0.05, 0) is 50.9 Å². The Hall–Kier alpha value is -1.38. The normalized spacial score (nSPS) is 22.6. The van der Waals surface area contributed by atoms with E-state index in [-0.39, 0.29) is 24.1 Å². The van der Waals surface area contributed by atoms with Crippen molar-refractivity contribution in [1.82, 2.24) is 15.1 Å². The molecular weight excluding hydrogens is 364 g/mol. The zero-order valence-corrected chi connectivity index (χ0v) is 16.0. The minimum Gasteiger partial charge on any atom is -0.339 e. The van der Waals surface area contributed by atoms with E-state index in [0.29, 0.717) is 23.9 Å². The number of rotatable bonds is 4. The first-order valence-corrected chi connectivity index (χ1v) is 10.0. The quantitative estimate of drug-likeness (QED) is 0.768. The number of amides is 1. The number of nitrogens with zero attached hydrogens (tertiary/aromatic N) is 3. The fourth-order valence-corrected chi connectivity index (χ4v) is 4.25. The number of carbonyl (C=O) groups is 1. The van der Waals surface area contributed by atoms with Gasteiger partial charge in [-0.3, -0.25) is 4.79 Å². The monoisotopic (exact) mass is 388 g/mol. The molecule has 3 aliphatic rings. The first-order chi connectivity index (χ1) is 11.5. The molecule has 0 spiro atoms. The van der Waals surface area contributed by atoms with Crippen LogP contribution in [-0.4, -0.2) is 68.9 Å². The molecule has 3 aliphatic heterocycles. The molecule has 0 aromatic heterocycles. The smallest absolute Gasteiger partial charge is 0.256 e. The number of carbonyl (C=O) groups excluding carboxylic acids is 1. The van der Waals surface area contributed by atoms with Gasteiger partial charge in [-0.1, -0.05) is 0 Å². The number of piperidine rings is 1. The standard InChI is InChI=1S/C16H24N4O3S.ClH/c1-17-7-4-13-5-8-19(9-6-13)16(21)14-2-3-15-18-24(22,23)11-10-20(15)12-14;/h2-3,12-13,17H,4-11H2,1H3;1H. The lowest BCUT2D eigenvalue weighted by atomic mass is 9.93. The molecule has 25 heavy (non-hydrogen) atoms. The third kappa shape index (κ3) is 4.83. The van der Waals surface area contributed by atoms with Crippen LogP contribution in [0.5, 0.6) is 0 Å². The number of hydrogen-bond acceptors (Lipinski definition) is 5. The van der Waals surface area contributed by atoms with Gasteiger partial charge in [-0.25, -0.2) is 8.42 Å². The Bertz CT molecular complexity index is 694. The fraction of sp³-hybridized carbons (Fsp3) is 0.625. The van der Waals surface area contributed by atoms with E-state index in [9.17, 15) is 13.2 Å². The van der Waals surface area contributed by atoms with Crippen LogP contribution in [0.1, 0.15) is 19.3 Å². The number of amidine groups is 1. The summed E-state index contributed by atoms with van der Waals surface area (Å²) in [6.07, 6.45) is 8.25. The fourth-order valence-electron chi connectivity index (χ4n) is 3.28. The first-order valence-electron chi connectivity index (χ1n) is 8.41. The van der Waals surface area contributed by atoms with Gasteiger partial charge in [-0.2, -0.15) is 0 Å². The lowest BCUT2D eigenvalue weighted by Crippen LogP contribution is -2.42. The van der Waals surface area contributed by atoms with E-state index in [1.807, 2.05) is 11.9 Å². The average molecular weight is 389 g/mol. The van der Waals surface area contributed by atoms with Crippen LogP contribution in [0.2, 0.25) is 0 Å². The van der Waals surface area contributed by atoms with Crippen molar-refractivity contribution in [3.63, 3.8) is 0 Å². The van der Waals surface area contributed by atoms with E-state index < -0.39 is 10.0 Å². The molecule has 0 aliphatic carbocycles. The van der Waals surface area contributed by atoms with E-state index in [4.69, 9.17) is 0 Å². The van der Waals surface area contributed by atoms with Gasteiger partial charge in [0.05, 0.1) is 11.3 Å². The molecule has 1 saturated heterocycles. The van der Waals surface area contributed by atoms with Gasteiger partial charge in [0, 0.05) is 25.8 Å². The van der Waals surface area contributed by atoms with Crippen LogP contribution in [-0.2, 0) is 14.8 Å². The van der Waals surface area contributed by atoms with Crippen molar-refractivity contribution in [1.29, 1.82) is 0 Å². The van der Waals surface area contributed by atoms with Crippen molar-refractivity contribution in [3.8, 4) is 0 Å². The van der Waals surface area contributed by atoms with E-state index in [1.165, 1.54) is 0 Å². The van der Waals surface area contributed by atoms with E-state index in [0.717, 1.165) is 38.9 Å². The molecule has 0 saturated carbocycles. The lowest BCUT2D eigenvalue weighted by molar-refractivity contribution is -0.128. The number of fused-ring (bicyclic) bond motifs is 1. The molecule has 3 rings (SSSR count). The van der Waals surface area contributed by atoms with Crippen LogP contribution < -0.4 is 5.32 Å². The Kier molecular flexibility index (Phi) is 6.65. The summed E-state index contributed by atoms with van der Waals surface area (Å²) >= 11 is 0. The van der Waals surface area contributed by atoms with Gasteiger partial charge in [0.15, 0.2) is 0 Å². The van der Waals surface area contributed by atoms with E-state index in [1.54, 1.807) is 23.3 Å². The third-order valence-electron chi connectivity index (χ3n) is 4.78. The SMILES string of the molecule is CNCCC1CCN(C(=O)C2=CN3CCS(=O)(=O)N=C3C=C2)CC1.Cl. The van der Waals surface area contributed by atoms with Crippen LogP contribution >= 0.6 is 12.4 Å². The topological polar surface area (TPSA) is 82.1 Å². The van der Waals surface area contributed by atoms with Gasteiger partial charge in [0.2, 0.25) is 0 Å². The highest BCUT2D eigenvalue weighted by atomic mass is 35.5. The van der Waals surface area contributed by atoms with Crippen LogP contribution in [0.25, 0.3) is 0 Å². The summed E-state index contributed by atoms with van der Waals surface area (Å²) in [5.74, 6) is 1.08. The summed E-state index contributed by atoms with van der Waals surface area (Å²) in [7, 11) is -1.40. The van der Waals surface area contributed by atoms with Gasteiger partial charge in [-0.15, -0.1) is 16.8 Å². The molecule has 3 heterocycles. The Balaban J connectivity index is 0.00000225. The molecule has 9 heteroatoms. The van der Waals surface area contributed by atoms with Crippen molar-refractivity contribution in [2.45, 2.75) is 19.3 Å². The predicted molar refractivity (Wildman–Crippen MR) is 100 cm³/mol. The molecule has 0 atom stereocenters. The zero-order valence-electron chi connectivity index (χ0n) is 14.3. The lowest BCUT2D eigenvalue weighted by Gasteiger charge is -2.33. The Morgan fingerprint density at radius 3 is 2.68 bits per heavy atom. The van der Waals surface area contributed by atoms with Crippen molar-refractivity contribution < 1.29 is 13.2 Å². The van der Waals surface area contributed by atoms with Crippen LogP contribution in [0.3, 0.4) is 0 Å². The summed E-state index contributed by atoms with van der Waals surface area (Å²) in [4.78, 5) is 16.3. The molecule has 0 unspecified atom stereocenters. The highest BCUT2D eigenvalue weighted by molar-refractivity contribution is 7.90. The molecule has 1 amide bonds.